The summed E-state index contributed by atoms with van der Waals surface area (Å²) in [6.45, 7) is 0.925. The quantitative estimate of drug-likeness (QED) is 0.606. The second-order valence-electron chi connectivity index (χ2n) is 3.76. The molecule has 2 aliphatic rings. The molecule has 0 bridgehead atoms. The Balaban J connectivity index is 2.17. The van der Waals surface area contributed by atoms with E-state index >= 15 is 0 Å². The molecule has 0 saturated carbocycles. The Morgan fingerprint density at radius 3 is 3.21 bits per heavy atom. The van der Waals surface area contributed by atoms with E-state index < -0.39 is 0 Å². The van der Waals surface area contributed by atoms with Crippen molar-refractivity contribution in [2.45, 2.75) is 19.3 Å². The maximum absolute atomic E-state index is 4.58. The van der Waals surface area contributed by atoms with Crippen LogP contribution in [0.25, 0.3) is 0 Å². The largest absolute Gasteiger partial charge is 0.282 e. The second kappa shape index (κ2) is 3.05. The van der Waals surface area contributed by atoms with Gasteiger partial charge in [0.15, 0.2) is 0 Å². The van der Waals surface area contributed by atoms with Crippen LogP contribution in [0, 0.1) is 0 Å². The summed E-state index contributed by atoms with van der Waals surface area (Å²) in [6, 6.07) is 4.17. The Labute approximate surface area is 83.4 Å². The molecular formula is C12H12N2. The molecule has 0 spiro atoms. The van der Waals surface area contributed by atoms with E-state index in [0.717, 1.165) is 37.2 Å². The van der Waals surface area contributed by atoms with Crippen LogP contribution >= 0.6 is 0 Å². The number of aryl methyl sites for hydroxylation is 1. The number of nitrogens with zero attached hydrogens (tertiary/aromatic N) is 2. The Bertz CT molecular complexity index is 430. The summed E-state index contributed by atoms with van der Waals surface area (Å²) in [5.41, 5.74) is 5.02. The van der Waals surface area contributed by atoms with Crippen molar-refractivity contribution in [1.82, 2.24) is 4.98 Å². The van der Waals surface area contributed by atoms with E-state index in [1.165, 1.54) is 11.1 Å². The zero-order valence-corrected chi connectivity index (χ0v) is 8.03. The summed E-state index contributed by atoms with van der Waals surface area (Å²) in [5, 5.41) is 0. The van der Waals surface area contributed by atoms with Gasteiger partial charge in [0.25, 0.3) is 0 Å². The van der Waals surface area contributed by atoms with Crippen LogP contribution in [0.3, 0.4) is 0 Å². The Morgan fingerprint density at radius 2 is 2.21 bits per heavy atom. The average Bonchev–Trinajstić information content (AvgIpc) is 2.29. The van der Waals surface area contributed by atoms with E-state index in [9.17, 15) is 0 Å². The van der Waals surface area contributed by atoms with Gasteiger partial charge in [0.2, 0.25) is 0 Å². The number of pyridine rings is 1. The minimum Gasteiger partial charge on any atom is -0.282 e. The molecule has 0 aromatic carbocycles. The highest BCUT2D eigenvalue weighted by Crippen LogP contribution is 2.26. The maximum Gasteiger partial charge on any atom is 0.0916 e. The van der Waals surface area contributed by atoms with Gasteiger partial charge in [0, 0.05) is 12.7 Å². The number of allylic oxidation sites excluding steroid dienone is 1. The maximum atomic E-state index is 4.58. The lowest BCUT2D eigenvalue weighted by atomic mass is 9.88. The van der Waals surface area contributed by atoms with E-state index in [-0.39, 0.29) is 0 Å². The molecule has 14 heavy (non-hydrogen) atoms. The first-order valence-corrected chi connectivity index (χ1v) is 5.13. The summed E-state index contributed by atoms with van der Waals surface area (Å²) in [7, 11) is 0. The van der Waals surface area contributed by atoms with E-state index in [2.05, 4.69) is 22.1 Å². The summed E-state index contributed by atoms with van der Waals surface area (Å²) in [4.78, 5) is 9.01. The molecule has 2 nitrogen and oxygen atoms in total. The highest BCUT2D eigenvalue weighted by molar-refractivity contribution is 6.13. The molecule has 3 rings (SSSR count). The zero-order chi connectivity index (χ0) is 9.38. The van der Waals surface area contributed by atoms with Crippen LogP contribution in [-0.4, -0.2) is 17.2 Å². The van der Waals surface area contributed by atoms with Gasteiger partial charge in [0.1, 0.15) is 0 Å². The fourth-order valence-electron chi connectivity index (χ4n) is 2.18. The van der Waals surface area contributed by atoms with Gasteiger partial charge in [-0.15, -0.1) is 0 Å². The molecular weight excluding hydrogens is 172 g/mol. The first-order chi connectivity index (χ1) is 6.95. The molecule has 1 aliphatic carbocycles. The van der Waals surface area contributed by atoms with Crippen molar-refractivity contribution in [3.63, 3.8) is 0 Å². The fourth-order valence-corrected chi connectivity index (χ4v) is 2.18. The van der Waals surface area contributed by atoms with Gasteiger partial charge in [0.05, 0.1) is 11.4 Å². The van der Waals surface area contributed by atoms with Crippen molar-refractivity contribution < 1.29 is 0 Å². The molecule has 2 heteroatoms. The number of fused-ring (bicyclic) bond motifs is 3. The van der Waals surface area contributed by atoms with E-state index in [0.29, 0.717) is 0 Å². The smallest absolute Gasteiger partial charge is 0.0916 e. The molecule has 0 N–H and O–H groups in total. The van der Waals surface area contributed by atoms with Crippen molar-refractivity contribution in [1.29, 1.82) is 0 Å². The van der Waals surface area contributed by atoms with E-state index in [1.807, 2.05) is 12.3 Å². The first kappa shape index (κ1) is 7.92. The first-order valence-electron chi connectivity index (χ1n) is 5.13. The van der Waals surface area contributed by atoms with Gasteiger partial charge < -0.3 is 0 Å². The molecule has 2 heterocycles. The van der Waals surface area contributed by atoms with E-state index in [1.54, 1.807) is 0 Å². The zero-order valence-electron chi connectivity index (χ0n) is 8.03. The lowest BCUT2D eigenvalue weighted by Crippen LogP contribution is -2.19. The normalized spacial score (nSPS) is 19.1. The van der Waals surface area contributed by atoms with Crippen molar-refractivity contribution in [2.24, 2.45) is 4.99 Å². The summed E-state index contributed by atoms with van der Waals surface area (Å²) >= 11 is 0. The number of dihydropyridines is 1. The summed E-state index contributed by atoms with van der Waals surface area (Å²) in [5.74, 6) is 0. The second-order valence-corrected chi connectivity index (χ2v) is 3.76. The van der Waals surface area contributed by atoms with Gasteiger partial charge in [-0.3, -0.25) is 9.98 Å². The predicted octanol–water partition coefficient (Wildman–Crippen LogP) is 2.15. The topological polar surface area (TPSA) is 25.2 Å². The predicted molar refractivity (Wildman–Crippen MR) is 56.7 cm³/mol. The molecule has 70 valence electrons. The van der Waals surface area contributed by atoms with Gasteiger partial charge in [-0.25, -0.2) is 0 Å². The SMILES string of the molecule is C1=C2CCc3cccnc3C2=NCC1. The number of aromatic nitrogens is 1. The van der Waals surface area contributed by atoms with Crippen LogP contribution in [-0.2, 0) is 6.42 Å². The Morgan fingerprint density at radius 1 is 1.21 bits per heavy atom. The number of rotatable bonds is 0. The van der Waals surface area contributed by atoms with Crippen LogP contribution in [0.1, 0.15) is 24.1 Å². The van der Waals surface area contributed by atoms with Crippen molar-refractivity contribution in [3.05, 3.63) is 41.2 Å². The lowest BCUT2D eigenvalue weighted by Gasteiger charge is -2.22. The summed E-state index contributed by atoms with van der Waals surface area (Å²) < 4.78 is 0. The standard InChI is InChI=1S/C12H12N2/c1-3-9-5-6-10-4-2-8-14-12(10)11(9)13-7-1/h1,3-4,7H,2,5-6,8H2. The molecule has 0 saturated heterocycles. The van der Waals surface area contributed by atoms with Crippen LogP contribution in [0.4, 0.5) is 0 Å². The minimum absolute atomic E-state index is 0.925. The van der Waals surface area contributed by atoms with Crippen molar-refractivity contribution in [2.75, 3.05) is 6.54 Å². The van der Waals surface area contributed by atoms with Crippen LogP contribution in [0.15, 0.2) is 35.0 Å². The molecule has 1 aromatic rings. The minimum atomic E-state index is 0.925. The van der Waals surface area contributed by atoms with Gasteiger partial charge >= 0.3 is 0 Å². The number of hydrogen-bond donors (Lipinski definition) is 0. The van der Waals surface area contributed by atoms with Crippen molar-refractivity contribution in [3.8, 4) is 0 Å². The van der Waals surface area contributed by atoms with Crippen molar-refractivity contribution >= 4 is 5.71 Å². The van der Waals surface area contributed by atoms with E-state index in [4.69, 9.17) is 0 Å². The summed E-state index contributed by atoms with van der Waals surface area (Å²) in [6.07, 6.45) is 7.53. The molecule has 1 aliphatic heterocycles. The number of hydrogen-bond acceptors (Lipinski definition) is 2. The molecule has 0 unspecified atom stereocenters. The molecule has 0 radical (unpaired) electrons. The third-order valence-corrected chi connectivity index (χ3v) is 2.87. The molecule has 0 fully saturated rings. The monoisotopic (exact) mass is 184 g/mol. The molecule has 0 amide bonds. The number of aliphatic imine (C=N–C) groups is 1. The molecule has 1 aromatic heterocycles. The van der Waals surface area contributed by atoms with Gasteiger partial charge in [-0.2, -0.15) is 0 Å². The average molecular weight is 184 g/mol. The highest BCUT2D eigenvalue weighted by Gasteiger charge is 2.21. The van der Waals surface area contributed by atoms with Crippen LogP contribution in [0.5, 0.6) is 0 Å². The van der Waals surface area contributed by atoms with Crippen LogP contribution in [0.2, 0.25) is 0 Å². The highest BCUT2D eigenvalue weighted by atomic mass is 14.8. The third kappa shape index (κ3) is 1.10. The Hall–Kier alpha value is -1.44. The molecule has 0 atom stereocenters. The third-order valence-electron chi connectivity index (χ3n) is 2.87. The fraction of sp³-hybridized carbons (Fsp3) is 0.333. The lowest BCUT2D eigenvalue weighted by molar-refractivity contribution is 0.880. The van der Waals surface area contributed by atoms with Crippen LogP contribution < -0.4 is 0 Å². The Kier molecular flexibility index (Phi) is 1.72. The van der Waals surface area contributed by atoms with Gasteiger partial charge in [-0.1, -0.05) is 12.1 Å². The van der Waals surface area contributed by atoms with Gasteiger partial charge in [-0.05, 0) is 36.5 Å².